The summed E-state index contributed by atoms with van der Waals surface area (Å²) in [7, 11) is 0. The van der Waals surface area contributed by atoms with Crippen molar-refractivity contribution in [2.45, 2.75) is 40.2 Å². The van der Waals surface area contributed by atoms with Crippen molar-refractivity contribution in [3.05, 3.63) is 32.5 Å². The molecule has 1 aromatic rings. The molecule has 0 saturated carbocycles. The van der Waals surface area contributed by atoms with E-state index in [-0.39, 0.29) is 5.54 Å². The van der Waals surface area contributed by atoms with Crippen molar-refractivity contribution in [1.82, 2.24) is 10.3 Å². The number of halogens is 2. The number of nitrogens with zero attached hydrogens (tertiary/aromatic N) is 1. The van der Waals surface area contributed by atoms with E-state index in [0.717, 1.165) is 21.2 Å². The quantitative estimate of drug-likeness (QED) is 0.780. The molecule has 1 heterocycles. The Bertz CT molecular complexity index is 460. The highest BCUT2D eigenvalue weighted by Gasteiger charge is 2.12. The average molecular weight is 390 g/mol. The molecular weight excluding hydrogens is 368 g/mol. The fraction of sp³-hybridized carbons (Fsp3) is 0.533. The molecule has 0 bridgehead atoms. The highest BCUT2D eigenvalue weighted by molar-refractivity contribution is 9.11. The van der Waals surface area contributed by atoms with E-state index in [0.29, 0.717) is 5.92 Å². The van der Waals surface area contributed by atoms with Crippen LogP contribution in [0.4, 0.5) is 0 Å². The van der Waals surface area contributed by atoms with E-state index in [1.165, 1.54) is 5.57 Å². The molecule has 1 rings (SSSR count). The van der Waals surface area contributed by atoms with Crippen molar-refractivity contribution < 1.29 is 0 Å². The van der Waals surface area contributed by atoms with E-state index in [4.69, 9.17) is 0 Å². The number of hydrogen-bond acceptors (Lipinski definition) is 2. The van der Waals surface area contributed by atoms with E-state index in [2.05, 4.69) is 82.9 Å². The number of pyridine rings is 1. The van der Waals surface area contributed by atoms with Gasteiger partial charge in [-0.1, -0.05) is 19.4 Å². The van der Waals surface area contributed by atoms with Gasteiger partial charge in [0.1, 0.15) is 0 Å². The Balaban J connectivity index is 2.95. The van der Waals surface area contributed by atoms with Crippen molar-refractivity contribution in [2.75, 3.05) is 6.54 Å². The number of rotatable bonds is 4. The maximum atomic E-state index is 4.45. The molecule has 106 valence electrons. The molecule has 1 N–H and O–H groups in total. The Labute approximate surface area is 133 Å². The van der Waals surface area contributed by atoms with Crippen molar-refractivity contribution in [3.8, 4) is 0 Å². The zero-order chi connectivity index (χ0) is 14.6. The highest BCUT2D eigenvalue weighted by atomic mass is 79.9. The van der Waals surface area contributed by atoms with Crippen LogP contribution in [0, 0.1) is 5.92 Å². The number of nitrogens with one attached hydrogen (secondary N) is 1. The van der Waals surface area contributed by atoms with Crippen molar-refractivity contribution in [2.24, 2.45) is 5.92 Å². The molecule has 4 heteroatoms. The summed E-state index contributed by atoms with van der Waals surface area (Å²) >= 11 is 6.98. The third-order valence-corrected chi connectivity index (χ3v) is 3.79. The lowest BCUT2D eigenvalue weighted by Gasteiger charge is -2.23. The van der Waals surface area contributed by atoms with Gasteiger partial charge in [0.05, 0.1) is 5.69 Å². The normalized spacial score (nSPS) is 13.2. The lowest BCUT2D eigenvalue weighted by Crippen LogP contribution is -2.37. The molecule has 0 saturated heterocycles. The van der Waals surface area contributed by atoms with Gasteiger partial charge in [-0.2, -0.15) is 0 Å². The smallest absolute Gasteiger partial charge is 0.0772 e. The van der Waals surface area contributed by atoms with E-state index < -0.39 is 0 Å². The van der Waals surface area contributed by atoms with Crippen LogP contribution < -0.4 is 5.32 Å². The molecular formula is C15H22Br2N2. The second-order valence-electron chi connectivity index (χ2n) is 6.00. The molecule has 2 nitrogen and oxygen atoms in total. The fourth-order valence-electron chi connectivity index (χ4n) is 1.50. The molecule has 0 spiro atoms. The van der Waals surface area contributed by atoms with Gasteiger partial charge in [0.15, 0.2) is 0 Å². The minimum atomic E-state index is 0.123. The first-order valence-electron chi connectivity index (χ1n) is 6.45. The van der Waals surface area contributed by atoms with Gasteiger partial charge in [-0.25, -0.2) is 0 Å². The fourth-order valence-corrected chi connectivity index (χ4v) is 2.60. The maximum absolute atomic E-state index is 4.45. The first-order chi connectivity index (χ1) is 8.69. The second kappa shape index (κ2) is 7.00. The van der Waals surface area contributed by atoms with Crippen LogP contribution in [0.5, 0.6) is 0 Å². The van der Waals surface area contributed by atoms with E-state index in [1.807, 2.05) is 12.3 Å². The molecule has 0 unspecified atom stereocenters. The lowest BCUT2D eigenvalue weighted by atomic mass is 10.00. The van der Waals surface area contributed by atoms with E-state index in [1.54, 1.807) is 0 Å². The van der Waals surface area contributed by atoms with Gasteiger partial charge in [0.2, 0.25) is 0 Å². The monoisotopic (exact) mass is 388 g/mol. The Kier molecular flexibility index (Phi) is 6.21. The van der Waals surface area contributed by atoms with E-state index >= 15 is 0 Å². The minimum Gasteiger partial charge on any atom is -0.308 e. The molecule has 0 aromatic carbocycles. The third kappa shape index (κ3) is 6.19. The average Bonchev–Trinajstić information content (AvgIpc) is 2.24. The maximum Gasteiger partial charge on any atom is 0.0772 e. The van der Waals surface area contributed by atoms with Gasteiger partial charge in [-0.15, -0.1) is 0 Å². The largest absolute Gasteiger partial charge is 0.308 e. The van der Waals surface area contributed by atoms with E-state index in [9.17, 15) is 0 Å². The molecule has 1 aromatic heterocycles. The second-order valence-corrected chi connectivity index (χ2v) is 7.77. The van der Waals surface area contributed by atoms with Crippen LogP contribution in [-0.2, 0) is 0 Å². The van der Waals surface area contributed by atoms with Gasteiger partial charge in [0, 0.05) is 27.2 Å². The summed E-state index contributed by atoms with van der Waals surface area (Å²) in [6, 6.07) is 2.02. The summed E-state index contributed by atoms with van der Waals surface area (Å²) < 4.78 is 1.99. The number of hydrogen-bond donors (Lipinski definition) is 1. The SMILES string of the molecule is CC(C)C(=Cc1ncc(Br)cc1Br)CNC(C)(C)C. The minimum absolute atomic E-state index is 0.123. The molecule has 0 aliphatic rings. The summed E-state index contributed by atoms with van der Waals surface area (Å²) in [5, 5.41) is 3.53. The first-order valence-corrected chi connectivity index (χ1v) is 8.04. The van der Waals surface area contributed by atoms with Crippen LogP contribution in [0.3, 0.4) is 0 Å². The molecule has 19 heavy (non-hydrogen) atoms. The van der Waals surface area contributed by atoms with Crippen molar-refractivity contribution in [3.63, 3.8) is 0 Å². The zero-order valence-corrected chi connectivity index (χ0v) is 15.4. The Morgan fingerprint density at radius 1 is 1.37 bits per heavy atom. The van der Waals surface area contributed by atoms with Gasteiger partial charge in [0.25, 0.3) is 0 Å². The molecule has 0 aliphatic heterocycles. The van der Waals surface area contributed by atoms with Crippen LogP contribution in [0.15, 0.2) is 26.8 Å². The predicted octanol–water partition coefficient (Wildman–Crippen LogP) is 5.03. The summed E-state index contributed by atoms with van der Waals surface area (Å²) in [6.45, 7) is 11.8. The molecule has 0 radical (unpaired) electrons. The topological polar surface area (TPSA) is 24.9 Å². The van der Waals surface area contributed by atoms with Gasteiger partial charge in [-0.05, 0) is 70.7 Å². The van der Waals surface area contributed by atoms with Crippen LogP contribution in [0.25, 0.3) is 6.08 Å². The lowest BCUT2D eigenvalue weighted by molar-refractivity contribution is 0.437. The van der Waals surface area contributed by atoms with Gasteiger partial charge < -0.3 is 5.32 Å². The summed E-state index contributed by atoms with van der Waals surface area (Å²) in [5.41, 5.74) is 2.45. The summed E-state index contributed by atoms with van der Waals surface area (Å²) in [5.74, 6) is 0.493. The first kappa shape index (κ1) is 16.9. The highest BCUT2D eigenvalue weighted by Crippen LogP contribution is 2.23. The van der Waals surface area contributed by atoms with Gasteiger partial charge >= 0.3 is 0 Å². The molecule has 0 atom stereocenters. The third-order valence-electron chi connectivity index (χ3n) is 2.72. The van der Waals surface area contributed by atoms with Crippen LogP contribution in [0.2, 0.25) is 0 Å². The predicted molar refractivity (Wildman–Crippen MR) is 90.2 cm³/mol. The Hall–Kier alpha value is -0.190. The number of aromatic nitrogens is 1. The molecule has 0 fully saturated rings. The Morgan fingerprint density at radius 2 is 2.00 bits per heavy atom. The molecule has 0 aliphatic carbocycles. The van der Waals surface area contributed by atoms with Crippen LogP contribution >= 0.6 is 31.9 Å². The van der Waals surface area contributed by atoms with Crippen LogP contribution in [0.1, 0.15) is 40.3 Å². The summed E-state index contributed by atoms with van der Waals surface area (Å²) in [6.07, 6.45) is 3.99. The zero-order valence-electron chi connectivity index (χ0n) is 12.2. The van der Waals surface area contributed by atoms with Crippen LogP contribution in [-0.4, -0.2) is 17.1 Å². The van der Waals surface area contributed by atoms with Crippen molar-refractivity contribution >= 4 is 37.9 Å². The summed E-state index contributed by atoms with van der Waals surface area (Å²) in [4.78, 5) is 4.45. The molecule has 0 amide bonds. The van der Waals surface area contributed by atoms with Crippen molar-refractivity contribution in [1.29, 1.82) is 0 Å². The standard InChI is InChI=1S/C15H22Br2N2/c1-10(2)11(8-19-15(3,4)5)6-14-13(17)7-12(16)9-18-14/h6-7,9-10,19H,8H2,1-5H3. The Morgan fingerprint density at radius 3 is 2.47 bits per heavy atom. The van der Waals surface area contributed by atoms with Gasteiger partial charge in [-0.3, -0.25) is 4.98 Å².